The number of nitrogens with zero attached hydrogens (tertiary/aromatic N) is 3. The Labute approximate surface area is 250 Å². The Morgan fingerprint density at radius 1 is 0.952 bits per heavy atom. The SMILES string of the molecule is COc1ccc(CN(Cc2ccncc2)C(=O)NCCCC[C@@H](CO)N(CC(C)C)S(=O)(=O)c2ccc(C)cc2)cc1. The van der Waals surface area contributed by atoms with E-state index in [1.54, 1.807) is 48.7 Å². The zero-order chi connectivity index (χ0) is 30.5. The number of hydrogen-bond acceptors (Lipinski definition) is 6. The average Bonchev–Trinajstić information content (AvgIpc) is 2.98. The lowest BCUT2D eigenvalue weighted by molar-refractivity contribution is 0.167. The number of aliphatic hydroxyl groups is 1. The third-order valence-electron chi connectivity index (χ3n) is 6.97. The van der Waals surface area contributed by atoms with Gasteiger partial charge in [-0.2, -0.15) is 4.31 Å². The van der Waals surface area contributed by atoms with Crippen molar-refractivity contribution in [2.24, 2.45) is 5.92 Å². The number of sulfonamides is 1. The molecule has 1 aromatic heterocycles. The van der Waals surface area contributed by atoms with Crippen LogP contribution in [0.5, 0.6) is 5.75 Å². The number of benzene rings is 2. The number of aryl methyl sites for hydroxylation is 1. The van der Waals surface area contributed by atoms with Crippen LogP contribution in [0, 0.1) is 12.8 Å². The monoisotopic (exact) mass is 596 g/mol. The molecule has 0 spiro atoms. The fourth-order valence-electron chi connectivity index (χ4n) is 4.65. The third-order valence-corrected chi connectivity index (χ3v) is 8.91. The molecule has 0 aliphatic rings. The first-order valence-electron chi connectivity index (χ1n) is 14.4. The summed E-state index contributed by atoms with van der Waals surface area (Å²) in [6, 6.07) is 17.5. The summed E-state index contributed by atoms with van der Waals surface area (Å²) in [4.78, 5) is 19.3. The second-order valence-corrected chi connectivity index (χ2v) is 12.8. The van der Waals surface area contributed by atoms with Gasteiger partial charge in [0.1, 0.15) is 5.75 Å². The van der Waals surface area contributed by atoms with Crippen molar-refractivity contribution in [1.82, 2.24) is 19.5 Å². The number of carbonyl (C=O) groups excluding carboxylic acids is 1. The van der Waals surface area contributed by atoms with Gasteiger partial charge < -0.3 is 20.1 Å². The van der Waals surface area contributed by atoms with Crippen molar-refractivity contribution in [3.05, 3.63) is 89.7 Å². The average molecular weight is 597 g/mol. The maximum Gasteiger partial charge on any atom is 0.318 e. The van der Waals surface area contributed by atoms with Crippen molar-refractivity contribution >= 4 is 16.1 Å². The van der Waals surface area contributed by atoms with Crippen LogP contribution >= 0.6 is 0 Å². The number of urea groups is 1. The Kier molecular flexibility index (Phi) is 12.8. The lowest BCUT2D eigenvalue weighted by Crippen LogP contribution is -2.44. The predicted octanol–water partition coefficient (Wildman–Crippen LogP) is 4.99. The highest BCUT2D eigenvalue weighted by atomic mass is 32.2. The van der Waals surface area contributed by atoms with E-state index >= 15 is 0 Å². The molecule has 10 heteroatoms. The fraction of sp³-hybridized carbons (Fsp3) is 0.438. The van der Waals surface area contributed by atoms with Gasteiger partial charge in [-0.25, -0.2) is 13.2 Å². The number of aliphatic hydroxyl groups excluding tert-OH is 1. The molecule has 0 aliphatic carbocycles. The number of methoxy groups -OCH3 is 1. The third kappa shape index (κ3) is 9.82. The molecule has 0 aliphatic heterocycles. The molecular weight excluding hydrogens is 552 g/mol. The molecule has 2 amide bonds. The van der Waals surface area contributed by atoms with Gasteiger partial charge in [-0.05, 0) is 73.2 Å². The molecule has 42 heavy (non-hydrogen) atoms. The zero-order valence-corrected chi connectivity index (χ0v) is 25.9. The molecule has 0 saturated heterocycles. The molecular formula is C32H44N4O5S. The fourth-order valence-corrected chi connectivity index (χ4v) is 6.46. The van der Waals surface area contributed by atoms with E-state index in [9.17, 15) is 18.3 Å². The standard InChI is InChI=1S/C32H44N4O5S/c1-25(2)21-36(42(39,40)31-14-8-26(3)9-15-31)29(24-37)7-5-6-18-34-32(38)35(23-28-16-19-33-20-17-28)22-27-10-12-30(41-4)13-11-27/h8-17,19-20,25,29,37H,5-7,18,21-24H2,1-4H3,(H,34,38)/t29-/m0/s1. The summed E-state index contributed by atoms with van der Waals surface area (Å²) in [6.45, 7) is 7.16. The minimum atomic E-state index is -3.77. The zero-order valence-electron chi connectivity index (χ0n) is 25.1. The van der Waals surface area contributed by atoms with E-state index in [1.807, 2.05) is 57.2 Å². The van der Waals surface area contributed by atoms with Crippen LogP contribution in [0.25, 0.3) is 0 Å². The molecule has 0 saturated carbocycles. The van der Waals surface area contributed by atoms with Gasteiger partial charge in [0.05, 0.1) is 18.6 Å². The van der Waals surface area contributed by atoms with Crippen molar-refractivity contribution in [2.75, 3.05) is 26.8 Å². The number of unbranched alkanes of at least 4 members (excludes halogenated alkanes) is 1. The van der Waals surface area contributed by atoms with Crippen LogP contribution < -0.4 is 10.1 Å². The number of ether oxygens (including phenoxy) is 1. The number of amides is 2. The summed E-state index contributed by atoms with van der Waals surface area (Å²) in [5.41, 5.74) is 2.93. The number of nitrogens with one attached hydrogen (secondary N) is 1. The molecule has 2 aromatic carbocycles. The van der Waals surface area contributed by atoms with Gasteiger partial charge in [0.15, 0.2) is 0 Å². The summed E-state index contributed by atoms with van der Waals surface area (Å²) in [5, 5.41) is 13.2. The first kappa shape index (κ1) is 33.0. The van der Waals surface area contributed by atoms with E-state index in [0.717, 1.165) is 22.4 Å². The lowest BCUT2D eigenvalue weighted by Gasteiger charge is -2.31. The van der Waals surface area contributed by atoms with E-state index in [4.69, 9.17) is 4.74 Å². The molecule has 0 fully saturated rings. The molecule has 1 heterocycles. The van der Waals surface area contributed by atoms with Crippen molar-refractivity contribution < 1.29 is 23.1 Å². The molecule has 3 rings (SSSR count). The molecule has 9 nitrogen and oxygen atoms in total. The first-order chi connectivity index (χ1) is 20.1. The lowest BCUT2D eigenvalue weighted by atomic mass is 10.1. The maximum atomic E-state index is 13.5. The van der Waals surface area contributed by atoms with Crippen LogP contribution in [0.2, 0.25) is 0 Å². The minimum absolute atomic E-state index is 0.0932. The van der Waals surface area contributed by atoms with Crippen molar-refractivity contribution in [3.63, 3.8) is 0 Å². The van der Waals surface area contributed by atoms with Crippen molar-refractivity contribution in [1.29, 1.82) is 0 Å². The van der Waals surface area contributed by atoms with E-state index in [1.165, 1.54) is 4.31 Å². The highest BCUT2D eigenvalue weighted by molar-refractivity contribution is 7.89. The number of aromatic nitrogens is 1. The highest BCUT2D eigenvalue weighted by Gasteiger charge is 2.31. The smallest absolute Gasteiger partial charge is 0.318 e. The highest BCUT2D eigenvalue weighted by Crippen LogP contribution is 2.23. The molecule has 3 aromatic rings. The Bertz CT molecular complexity index is 1330. The van der Waals surface area contributed by atoms with Crippen LogP contribution in [-0.4, -0.2) is 66.6 Å². The molecule has 0 bridgehead atoms. The van der Waals surface area contributed by atoms with E-state index in [0.29, 0.717) is 45.4 Å². The van der Waals surface area contributed by atoms with Crippen LogP contribution in [0.3, 0.4) is 0 Å². The van der Waals surface area contributed by atoms with E-state index in [2.05, 4.69) is 10.3 Å². The van der Waals surface area contributed by atoms with Crippen molar-refractivity contribution in [2.45, 2.75) is 64.1 Å². The van der Waals surface area contributed by atoms with Gasteiger partial charge in [-0.3, -0.25) is 4.98 Å². The normalized spacial score (nSPS) is 12.4. The second-order valence-electron chi connectivity index (χ2n) is 10.9. The van der Waals surface area contributed by atoms with E-state index < -0.39 is 16.1 Å². The van der Waals surface area contributed by atoms with Crippen LogP contribution in [0.1, 0.15) is 49.8 Å². The number of carbonyl (C=O) groups is 1. The van der Waals surface area contributed by atoms with Gasteiger partial charge >= 0.3 is 6.03 Å². The summed E-state index contributed by atoms with van der Waals surface area (Å²) in [6.07, 6.45) is 5.19. The number of hydrogen-bond donors (Lipinski definition) is 2. The van der Waals surface area contributed by atoms with Crippen LogP contribution in [0.15, 0.2) is 78.0 Å². The largest absolute Gasteiger partial charge is 0.497 e. The first-order valence-corrected chi connectivity index (χ1v) is 15.8. The van der Waals surface area contributed by atoms with Crippen molar-refractivity contribution in [3.8, 4) is 5.75 Å². The number of pyridine rings is 1. The van der Waals surface area contributed by atoms with Gasteiger partial charge in [0, 0.05) is 44.6 Å². The molecule has 228 valence electrons. The molecule has 1 atom stereocenters. The maximum absolute atomic E-state index is 13.5. The van der Waals surface area contributed by atoms with E-state index in [-0.39, 0.29) is 23.5 Å². The summed E-state index contributed by atoms with van der Waals surface area (Å²) in [7, 11) is -2.15. The molecule has 0 unspecified atom stereocenters. The summed E-state index contributed by atoms with van der Waals surface area (Å²) < 4.78 is 33.7. The predicted molar refractivity (Wildman–Crippen MR) is 165 cm³/mol. The Morgan fingerprint density at radius 3 is 2.14 bits per heavy atom. The quantitative estimate of drug-likeness (QED) is 0.226. The minimum Gasteiger partial charge on any atom is -0.497 e. The summed E-state index contributed by atoms with van der Waals surface area (Å²) >= 11 is 0. The number of rotatable bonds is 16. The Balaban J connectivity index is 1.60. The van der Waals surface area contributed by atoms with Gasteiger partial charge in [-0.1, -0.05) is 50.1 Å². The van der Waals surface area contributed by atoms with Gasteiger partial charge in [0.25, 0.3) is 0 Å². The Morgan fingerprint density at radius 2 is 1.57 bits per heavy atom. The van der Waals surface area contributed by atoms with Crippen LogP contribution in [0.4, 0.5) is 4.79 Å². The van der Waals surface area contributed by atoms with Crippen LogP contribution in [-0.2, 0) is 23.1 Å². The Hall–Kier alpha value is -3.47. The second kappa shape index (κ2) is 16.2. The molecule has 2 N–H and O–H groups in total. The van der Waals surface area contributed by atoms with Gasteiger partial charge in [-0.15, -0.1) is 0 Å². The topological polar surface area (TPSA) is 112 Å². The molecule has 0 radical (unpaired) electrons. The summed E-state index contributed by atoms with van der Waals surface area (Å²) in [5.74, 6) is 0.847. The van der Waals surface area contributed by atoms with Gasteiger partial charge in [0.2, 0.25) is 10.0 Å².